The van der Waals surface area contributed by atoms with Crippen LogP contribution in [0.2, 0.25) is 0 Å². The van der Waals surface area contributed by atoms with Crippen molar-refractivity contribution in [1.82, 2.24) is 16.0 Å². The van der Waals surface area contributed by atoms with Crippen LogP contribution in [-0.4, -0.2) is 64.7 Å². The van der Waals surface area contributed by atoms with Crippen LogP contribution in [0.3, 0.4) is 0 Å². The molecule has 172 valence electrons. The van der Waals surface area contributed by atoms with Crippen molar-refractivity contribution in [2.24, 2.45) is 11.7 Å². The van der Waals surface area contributed by atoms with Crippen molar-refractivity contribution in [2.75, 3.05) is 6.54 Å². The first-order valence-corrected chi connectivity index (χ1v) is 10.1. The molecule has 0 spiro atoms. The first kappa shape index (κ1) is 26.1. The van der Waals surface area contributed by atoms with Crippen LogP contribution in [0.1, 0.15) is 32.8 Å². The standard InChI is InChI=1S/C21H32N4O6/c1-4-12(2)18(25-16(27)11-23-19(28)17(22)13(3)26)20(29)24-15(21(30)31)10-14-8-6-5-7-9-14/h5-9,12-13,15,17-18,26H,4,10-11,22H2,1-3H3,(H,23,28)(H,24,29)(H,25,27)(H,30,31). The normalized spacial score (nSPS) is 15.6. The molecule has 10 heteroatoms. The van der Waals surface area contributed by atoms with Crippen LogP contribution >= 0.6 is 0 Å². The van der Waals surface area contributed by atoms with E-state index >= 15 is 0 Å². The van der Waals surface area contributed by atoms with Gasteiger partial charge in [0.25, 0.3) is 0 Å². The van der Waals surface area contributed by atoms with E-state index in [-0.39, 0.29) is 12.3 Å². The molecule has 7 N–H and O–H groups in total. The summed E-state index contributed by atoms with van der Waals surface area (Å²) in [4.78, 5) is 48.5. The van der Waals surface area contributed by atoms with Crippen molar-refractivity contribution in [3.05, 3.63) is 35.9 Å². The van der Waals surface area contributed by atoms with Crippen molar-refractivity contribution >= 4 is 23.7 Å². The van der Waals surface area contributed by atoms with Gasteiger partial charge in [0.2, 0.25) is 17.7 Å². The van der Waals surface area contributed by atoms with Crippen molar-refractivity contribution < 1.29 is 29.4 Å². The van der Waals surface area contributed by atoms with E-state index in [0.29, 0.717) is 6.42 Å². The van der Waals surface area contributed by atoms with Crippen molar-refractivity contribution in [1.29, 1.82) is 0 Å². The number of carboxylic acid groups (broad SMARTS) is 1. The van der Waals surface area contributed by atoms with Crippen molar-refractivity contribution in [3.8, 4) is 0 Å². The van der Waals surface area contributed by atoms with E-state index in [2.05, 4.69) is 16.0 Å². The van der Waals surface area contributed by atoms with Crippen molar-refractivity contribution in [3.63, 3.8) is 0 Å². The number of amides is 3. The van der Waals surface area contributed by atoms with Gasteiger partial charge in [-0.25, -0.2) is 4.79 Å². The Labute approximate surface area is 181 Å². The molecule has 0 saturated heterocycles. The Kier molecular flexibility index (Phi) is 10.6. The second-order valence-corrected chi connectivity index (χ2v) is 7.50. The van der Waals surface area contributed by atoms with Crippen LogP contribution in [-0.2, 0) is 25.6 Å². The predicted molar refractivity (Wildman–Crippen MR) is 114 cm³/mol. The van der Waals surface area contributed by atoms with Gasteiger partial charge >= 0.3 is 5.97 Å². The van der Waals surface area contributed by atoms with E-state index in [4.69, 9.17) is 5.73 Å². The summed E-state index contributed by atoms with van der Waals surface area (Å²) >= 11 is 0. The molecule has 0 aliphatic carbocycles. The van der Waals surface area contributed by atoms with Gasteiger partial charge in [0.15, 0.2) is 0 Å². The highest BCUT2D eigenvalue weighted by Gasteiger charge is 2.30. The van der Waals surface area contributed by atoms with Crippen LogP contribution in [0.25, 0.3) is 0 Å². The number of nitrogens with two attached hydrogens (primary N) is 1. The molecule has 0 fully saturated rings. The number of aliphatic hydroxyl groups excluding tert-OH is 1. The fourth-order valence-corrected chi connectivity index (χ4v) is 2.74. The third kappa shape index (κ3) is 8.73. The average Bonchev–Trinajstić information content (AvgIpc) is 2.74. The lowest BCUT2D eigenvalue weighted by Gasteiger charge is -2.25. The van der Waals surface area contributed by atoms with Gasteiger partial charge in [-0.05, 0) is 18.4 Å². The van der Waals surface area contributed by atoms with E-state index < -0.39 is 54.5 Å². The molecule has 0 saturated carbocycles. The SMILES string of the molecule is CCC(C)C(NC(=O)CNC(=O)C(N)C(C)O)C(=O)NC(Cc1ccccc1)C(=O)O. The molecular formula is C21H32N4O6. The Morgan fingerprint density at radius 3 is 2.16 bits per heavy atom. The number of rotatable bonds is 12. The number of carboxylic acids is 1. The van der Waals surface area contributed by atoms with E-state index in [9.17, 15) is 29.4 Å². The topological polar surface area (TPSA) is 171 Å². The Balaban J connectivity index is 2.78. The summed E-state index contributed by atoms with van der Waals surface area (Å²) < 4.78 is 0. The van der Waals surface area contributed by atoms with Gasteiger partial charge in [0, 0.05) is 6.42 Å². The van der Waals surface area contributed by atoms with Gasteiger partial charge < -0.3 is 31.9 Å². The molecule has 5 unspecified atom stereocenters. The number of hydrogen-bond donors (Lipinski definition) is 6. The maximum Gasteiger partial charge on any atom is 0.326 e. The molecule has 10 nitrogen and oxygen atoms in total. The summed E-state index contributed by atoms with van der Waals surface area (Å²) in [6, 6.07) is 5.54. The summed E-state index contributed by atoms with van der Waals surface area (Å²) in [7, 11) is 0. The first-order valence-electron chi connectivity index (χ1n) is 10.1. The van der Waals surface area contributed by atoms with Crippen LogP contribution in [0, 0.1) is 5.92 Å². The largest absolute Gasteiger partial charge is 0.480 e. The average molecular weight is 437 g/mol. The number of benzene rings is 1. The molecule has 31 heavy (non-hydrogen) atoms. The minimum Gasteiger partial charge on any atom is -0.480 e. The minimum absolute atomic E-state index is 0.0936. The number of aliphatic carboxylic acids is 1. The zero-order valence-corrected chi connectivity index (χ0v) is 18.0. The number of carbonyl (C=O) groups is 4. The van der Waals surface area contributed by atoms with E-state index in [1.807, 2.05) is 6.92 Å². The third-order valence-corrected chi connectivity index (χ3v) is 4.95. The Hall–Kier alpha value is -2.98. The number of nitrogens with one attached hydrogen (secondary N) is 3. The summed E-state index contributed by atoms with van der Waals surface area (Å²) in [6.45, 7) is 4.49. The summed E-state index contributed by atoms with van der Waals surface area (Å²) in [5.41, 5.74) is 6.25. The molecule has 5 atom stereocenters. The fourth-order valence-electron chi connectivity index (χ4n) is 2.74. The Morgan fingerprint density at radius 1 is 1.03 bits per heavy atom. The van der Waals surface area contributed by atoms with E-state index in [0.717, 1.165) is 5.56 Å². The first-order chi connectivity index (χ1) is 14.6. The maximum atomic E-state index is 12.8. The summed E-state index contributed by atoms with van der Waals surface area (Å²) in [5, 5.41) is 26.2. The van der Waals surface area contributed by atoms with Crippen LogP contribution in [0.4, 0.5) is 0 Å². The van der Waals surface area contributed by atoms with Crippen LogP contribution in [0.15, 0.2) is 30.3 Å². The molecule has 0 bridgehead atoms. The lowest BCUT2D eigenvalue weighted by Crippen LogP contribution is -2.56. The third-order valence-electron chi connectivity index (χ3n) is 4.95. The molecule has 1 aromatic rings. The highest BCUT2D eigenvalue weighted by Crippen LogP contribution is 2.10. The molecule has 0 radical (unpaired) electrons. The molecule has 0 aromatic heterocycles. The highest BCUT2D eigenvalue weighted by molar-refractivity contribution is 5.92. The van der Waals surface area contributed by atoms with Crippen molar-refractivity contribution in [2.45, 2.75) is 57.8 Å². The highest BCUT2D eigenvalue weighted by atomic mass is 16.4. The minimum atomic E-state index is -1.19. The summed E-state index contributed by atoms with van der Waals surface area (Å²) in [5.74, 6) is -3.44. The second-order valence-electron chi connectivity index (χ2n) is 7.50. The fraction of sp³-hybridized carbons (Fsp3) is 0.524. The molecule has 0 aliphatic heterocycles. The number of aliphatic hydroxyl groups is 1. The van der Waals surface area contributed by atoms with Gasteiger partial charge in [0.05, 0.1) is 12.6 Å². The summed E-state index contributed by atoms with van der Waals surface area (Å²) in [6.07, 6.45) is -0.441. The molecular weight excluding hydrogens is 404 g/mol. The van der Waals surface area contributed by atoms with E-state index in [1.165, 1.54) is 6.92 Å². The van der Waals surface area contributed by atoms with Gasteiger partial charge in [0.1, 0.15) is 18.1 Å². The quantitative estimate of drug-likeness (QED) is 0.248. The number of carbonyl (C=O) groups excluding carboxylic acids is 3. The second kappa shape index (κ2) is 12.7. The molecule has 1 rings (SSSR count). The maximum absolute atomic E-state index is 12.8. The molecule has 3 amide bonds. The smallest absolute Gasteiger partial charge is 0.326 e. The lowest BCUT2D eigenvalue weighted by molar-refractivity contribution is -0.142. The Bertz CT molecular complexity index is 755. The zero-order chi connectivity index (χ0) is 23.6. The lowest BCUT2D eigenvalue weighted by atomic mass is 9.97. The molecule has 1 aromatic carbocycles. The predicted octanol–water partition coefficient (Wildman–Crippen LogP) is -0.846. The van der Waals surface area contributed by atoms with Crippen LogP contribution < -0.4 is 21.7 Å². The van der Waals surface area contributed by atoms with Gasteiger partial charge in [-0.2, -0.15) is 0 Å². The monoisotopic (exact) mass is 436 g/mol. The van der Waals surface area contributed by atoms with Crippen LogP contribution in [0.5, 0.6) is 0 Å². The Morgan fingerprint density at radius 2 is 1.65 bits per heavy atom. The zero-order valence-electron chi connectivity index (χ0n) is 18.0. The van der Waals surface area contributed by atoms with Gasteiger partial charge in [-0.3, -0.25) is 14.4 Å². The number of hydrogen-bond acceptors (Lipinski definition) is 6. The van der Waals surface area contributed by atoms with Gasteiger partial charge in [-0.15, -0.1) is 0 Å². The molecule has 0 aliphatic rings. The van der Waals surface area contributed by atoms with Gasteiger partial charge in [-0.1, -0.05) is 50.6 Å². The van der Waals surface area contributed by atoms with E-state index in [1.54, 1.807) is 37.3 Å². The molecule has 0 heterocycles.